The zero-order valence-electron chi connectivity index (χ0n) is 73.1. The first-order valence-electron chi connectivity index (χ1n) is 40.9. The Balaban J connectivity index is 0.000000147. The molecule has 5 radical (unpaired) electrons. The van der Waals surface area contributed by atoms with Crippen LogP contribution >= 0.6 is 56.7 Å². The Labute approximate surface area is 882 Å². The second-order valence-electron chi connectivity index (χ2n) is 27.9. The fourth-order valence-electron chi connectivity index (χ4n) is 12.5. The topological polar surface area (TPSA) is 281 Å². The van der Waals surface area contributed by atoms with E-state index in [0.717, 1.165) is 131 Å². The van der Waals surface area contributed by atoms with Gasteiger partial charge in [0.15, 0.2) is 18.8 Å². The Kier molecular flexibility index (Phi) is 42.2. The molecule has 2 aliphatic rings. The van der Waals surface area contributed by atoms with Gasteiger partial charge < -0.3 is 56.9 Å². The minimum absolute atomic E-state index is 0. The Morgan fingerprint density at radius 3 is 1.52 bits per heavy atom. The van der Waals surface area contributed by atoms with E-state index in [-0.39, 0.29) is 101 Å². The Bertz CT molecular complexity index is 6900. The van der Waals surface area contributed by atoms with Crippen LogP contribution in [0.1, 0.15) is 12.8 Å². The summed E-state index contributed by atoms with van der Waals surface area (Å²) in [6, 6.07) is 76.3. The first-order valence-corrected chi connectivity index (χ1v) is 45.5. The van der Waals surface area contributed by atoms with Gasteiger partial charge in [0.1, 0.15) is 28.6 Å². The van der Waals surface area contributed by atoms with Crippen molar-refractivity contribution in [3.8, 4) is 118 Å². The molecule has 0 aliphatic carbocycles. The minimum Gasteiger partial charge on any atom is -0.662 e. The molecule has 0 fully saturated rings. The number of hydrogen-bond donors (Lipinski definition) is 0. The molecule has 5 aromatic carbocycles. The number of hydrazone groups is 2. The third-order valence-electron chi connectivity index (χ3n) is 18.9. The molecular weight excluding hydrogens is 2720 g/mol. The molecule has 0 saturated heterocycles. The van der Waals surface area contributed by atoms with Crippen LogP contribution in [0, 0.1) is 41.6 Å². The molecule has 2 aliphatic heterocycles. The number of imidazole rings is 2. The van der Waals surface area contributed by atoms with Crippen LogP contribution in [0.25, 0.3) is 118 Å². The number of thiophene rings is 2. The number of benzene rings is 5. The summed E-state index contributed by atoms with van der Waals surface area (Å²) in [4.78, 5) is 33.9. The first kappa shape index (κ1) is 105. The van der Waals surface area contributed by atoms with Crippen LogP contribution in [-0.4, -0.2) is 127 Å². The Hall–Kier alpha value is -13.6. The third-order valence-corrected chi connectivity index (χ3v) is 22.0. The summed E-state index contributed by atoms with van der Waals surface area (Å²) in [6.45, 7) is 0. The van der Waals surface area contributed by atoms with E-state index in [0.29, 0.717) is 0 Å². The van der Waals surface area contributed by atoms with E-state index in [2.05, 4.69) is 171 Å². The molecule has 703 valence electrons. The predicted octanol–water partition coefficient (Wildman–Crippen LogP) is 20.7. The molecule has 25 rings (SSSR count). The van der Waals surface area contributed by atoms with E-state index < -0.39 is 0 Å². The molecule has 18 aromatic heterocycles. The van der Waals surface area contributed by atoms with Crippen molar-refractivity contribution < 1.29 is 119 Å². The Morgan fingerprint density at radius 1 is 0.457 bits per heavy atom. The fraction of sp³-hybridized carbons (Fsp3) is 0.0500. The second kappa shape index (κ2) is 55.6. The molecule has 0 unspecified atom stereocenters. The van der Waals surface area contributed by atoms with Gasteiger partial charge in [0.25, 0.3) is 0 Å². The molecule has 0 saturated carbocycles. The zero-order valence-corrected chi connectivity index (χ0v) is 89.2. The summed E-state index contributed by atoms with van der Waals surface area (Å²) in [7, 11) is 5.76. The van der Waals surface area contributed by atoms with Gasteiger partial charge in [-0.1, -0.05) is 243 Å². The van der Waals surface area contributed by atoms with Crippen LogP contribution in [-0.2, 0) is 122 Å². The van der Waals surface area contributed by atoms with Crippen molar-refractivity contribution in [2.45, 2.75) is 12.8 Å². The molecule has 0 amide bonds. The standard InChI is InChI=1S/C14H12N3.C13H9N2O.C13H9N2S.2C12H8N3S.C8H8N3.C7H7N4.C7H5N2O.2C7H6N2S.5Ir/c1-17-8-7-15-14(17)13-9-12(10-16-13)11-5-3-2-4-6-11;1-2-4-10(5-3-1)11-6-12(14-7-11)13-8-16-9-15-13;1-2-5-11(6-3-1)12-7-4-9-15(12)13-14-8-10-16-13;1-2-4-10(5-3-1)11-6-13-8-15(11)12-7-16-9-14-12;1-2-4-9(5-3-1)10-6-11(15-14-10)12-7-16-8-13-12;1-10-6-3-8(7-10)11-5-2-4-9-11;1-10-6-7(5-9-10)11-4-2-3-8-11;3*1-3-8-9(4-1)7-2-5-10-6-7;;;;;/h2-10H,1H3;1-9H;1-8,10H;1-7,9H;1-8H;2,4-7H,1H3;2-5H,1H3;1,3-6H;2*2-5H,1H2;;;;;/q8*-1;;;;;;;. The van der Waals surface area contributed by atoms with Crippen LogP contribution in [0.3, 0.4) is 0 Å². The number of aromatic nitrogens is 22. The van der Waals surface area contributed by atoms with E-state index in [4.69, 9.17) is 8.83 Å². The van der Waals surface area contributed by atoms with Crippen molar-refractivity contribution in [2.24, 2.45) is 31.3 Å². The average molecular weight is 2800 g/mol. The molecule has 0 bridgehead atoms. The number of nitrogens with zero attached hydrogens (tertiary/aromatic N) is 26. The van der Waals surface area contributed by atoms with Crippen LogP contribution in [0.2, 0.25) is 0 Å². The van der Waals surface area contributed by atoms with Gasteiger partial charge in [-0.15, -0.1) is 65.2 Å². The van der Waals surface area contributed by atoms with Crippen LogP contribution in [0.15, 0.2) is 387 Å². The smallest absolute Gasteiger partial charge is 0.182 e. The van der Waals surface area contributed by atoms with E-state index in [9.17, 15) is 0 Å². The third kappa shape index (κ3) is 30.0. The van der Waals surface area contributed by atoms with Crippen LogP contribution < -0.4 is 15.1 Å². The van der Waals surface area contributed by atoms with Crippen molar-refractivity contribution >= 4 is 92.9 Å². The van der Waals surface area contributed by atoms with Crippen molar-refractivity contribution in [1.29, 1.82) is 0 Å². The average Bonchev–Trinajstić information content (AvgIpc) is 1.69. The number of aryl methyl sites for hydroxylation is 3. The van der Waals surface area contributed by atoms with Gasteiger partial charge in [-0.2, -0.15) is 61.9 Å². The van der Waals surface area contributed by atoms with Gasteiger partial charge in [-0.3, -0.25) is 51.8 Å². The van der Waals surface area contributed by atoms with Gasteiger partial charge in [-0.25, -0.2) is 21.0 Å². The molecule has 0 atom stereocenters. The van der Waals surface area contributed by atoms with Gasteiger partial charge >= 0.3 is 0 Å². The van der Waals surface area contributed by atoms with Crippen molar-refractivity contribution in [3.63, 3.8) is 0 Å². The molecule has 23 aromatic rings. The number of thiazole rings is 3. The number of oxazole rings is 1. The van der Waals surface area contributed by atoms with E-state index >= 15 is 0 Å². The van der Waals surface area contributed by atoms with E-state index in [1.54, 1.807) is 136 Å². The first-order chi connectivity index (χ1) is 65.7. The van der Waals surface area contributed by atoms with Gasteiger partial charge in [0.2, 0.25) is 0 Å². The van der Waals surface area contributed by atoms with Gasteiger partial charge in [0, 0.05) is 193 Å². The molecule has 28 nitrogen and oxygen atoms in total. The van der Waals surface area contributed by atoms with Gasteiger partial charge in [0.05, 0.1) is 53.5 Å². The minimum atomic E-state index is 0. The van der Waals surface area contributed by atoms with Gasteiger partial charge in [-0.05, 0) is 98.0 Å². The van der Waals surface area contributed by atoms with E-state index in [1.807, 2.05) is 320 Å². The number of hydrogen-bond acceptors (Lipinski definition) is 20. The number of rotatable bonds is 15. The van der Waals surface area contributed by atoms with E-state index in [1.165, 1.54) is 23.8 Å². The maximum atomic E-state index is 4.93. The molecule has 138 heavy (non-hydrogen) atoms. The summed E-state index contributed by atoms with van der Waals surface area (Å²) >= 11 is 7.86. The SMILES string of the molecule is Cn1[c-]c(-n2cccn2)cn1.Cn1c[c-]c(-n2cccn2)c1.Cn1ccnc1-c1cc(-c2ccccc2)c[n-]1.[Ir].[Ir].[Ir].[Ir].[Ir].[c-]1ccc(-c2ccccc2)n1-c1nccs1.[c-]1cocc1-n1cccn1.[c-]1ncc(-c2ccccc2)n1-c1cscn1.[c-]1sccc1[N+]1=CCC=N1.[c-]1sccc1[N+]1=CCC=N1.c1ccc(-c2c[n-]c(-c3cocn3)c2)cc1.c1ccc(-c2cc(-c3cscn3)[n-]n2)cc1. The summed E-state index contributed by atoms with van der Waals surface area (Å²) < 4.78 is 28.0. The van der Waals surface area contributed by atoms with Crippen molar-refractivity contribution in [1.82, 2.24) is 107 Å². The fourth-order valence-corrected chi connectivity index (χ4v) is 15.3. The van der Waals surface area contributed by atoms with Crippen molar-refractivity contribution in [3.05, 3.63) is 410 Å². The second-order valence-corrected chi connectivity index (χ2v) is 31.6. The predicted molar refractivity (Wildman–Crippen MR) is 521 cm³/mol. The molecule has 0 N–H and O–H groups in total. The molecule has 20 heterocycles. The summed E-state index contributed by atoms with van der Waals surface area (Å²) in [5, 5.41) is 49.6. The molecule has 38 heteroatoms. The summed E-state index contributed by atoms with van der Waals surface area (Å²) in [5.74, 6) is 1.76. The monoisotopic (exact) mass is 2800 g/mol. The summed E-state index contributed by atoms with van der Waals surface area (Å²) in [6.07, 6.45) is 52.2. The van der Waals surface area contributed by atoms with Crippen LogP contribution in [0.5, 0.6) is 0 Å². The maximum absolute atomic E-state index is 4.93. The zero-order chi connectivity index (χ0) is 90.6. The van der Waals surface area contributed by atoms with Crippen LogP contribution in [0.4, 0.5) is 11.4 Å². The quantitative estimate of drug-likeness (QED) is 0.0681. The normalized spacial score (nSPS) is 10.8. The number of furan rings is 1. The molecule has 0 spiro atoms. The Morgan fingerprint density at radius 2 is 1.04 bits per heavy atom. The maximum Gasteiger partial charge on any atom is 0.182 e. The van der Waals surface area contributed by atoms with Crippen molar-refractivity contribution in [2.75, 3.05) is 0 Å². The molecular formula is C100H78Ir5N26O2S5-8. The largest absolute Gasteiger partial charge is 0.662 e. The summed E-state index contributed by atoms with van der Waals surface area (Å²) in [5.41, 5.74) is 23.5.